The Labute approximate surface area is 152 Å². The van der Waals surface area contributed by atoms with Crippen LogP contribution in [0.2, 0.25) is 0 Å². The number of nitrogens with one attached hydrogen (secondary N) is 1. The molecule has 1 saturated heterocycles. The van der Waals surface area contributed by atoms with Gasteiger partial charge in [-0.2, -0.15) is 5.26 Å². The van der Waals surface area contributed by atoms with Crippen LogP contribution in [0.3, 0.4) is 0 Å². The molecule has 0 bridgehead atoms. The number of carbonyl (C=O) groups is 1. The molecule has 1 aromatic rings. The fourth-order valence-electron chi connectivity index (χ4n) is 3.63. The number of rotatable bonds is 3. The van der Waals surface area contributed by atoms with Gasteiger partial charge in [0.15, 0.2) is 0 Å². The van der Waals surface area contributed by atoms with Crippen molar-refractivity contribution in [3.8, 4) is 6.07 Å². The summed E-state index contributed by atoms with van der Waals surface area (Å²) < 4.78 is 24.8. The zero-order chi connectivity index (χ0) is 18.2. The standard InChI is InChI=1S/C17H23N3O3S2/c1-11-5-6-13-14(9-18)17(24-15(13)8-11)19-16(21)12-4-3-7-20(10-12)25(2,22)23/h11-12H,3-8,10H2,1-2H3,(H,19,21). The third kappa shape index (κ3) is 3.89. The maximum atomic E-state index is 12.6. The summed E-state index contributed by atoms with van der Waals surface area (Å²) in [5.41, 5.74) is 1.68. The van der Waals surface area contributed by atoms with Crippen LogP contribution in [0.1, 0.15) is 42.2 Å². The number of nitrogens with zero attached hydrogens (tertiary/aromatic N) is 2. The maximum Gasteiger partial charge on any atom is 0.229 e. The van der Waals surface area contributed by atoms with Crippen molar-refractivity contribution in [3.63, 3.8) is 0 Å². The number of anilines is 1. The fourth-order valence-corrected chi connectivity index (χ4v) is 5.90. The van der Waals surface area contributed by atoms with E-state index in [4.69, 9.17) is 0 Å². The van der Waals surface area contributed by atoms with E-state index in [0.29, 0.717) is 35.9 Å². The second-order valence-corrected chi connectivity index (χ2v) is 10.2. The summed E-state index contributed by atoms with van der Waals surface area (Å²) in [6, 6.07) is 2.25. The second kappa shape index (κ2) is 7.06. The van der Waals surface area contributed by atoms with Gasteiger partial charge in [0.1, 0.15) is 11.1 Å². The maximum absolute atomic E-state index is 12.6. The highest BCUT2D eigenvalue weighted by Gasteiger charge is 2.31. The molecule has 0 saturated carbocycles. The van der Waals surface area contributed by atoms with Crippen molar-refractivity contribution in [1.82, 2.24) is 4.31 Å². The minimum atomic E-state index is -3.28. The highest BCUT2D eigenvalue weighted by molar-refractivity contribution is 7.88. The van der Waals surface area contributed by atoms with Gasteiger partial charge in [0.05, 0.1) is 17.7 Å². The summed E-state index contributed by atoms with van der Waals surface area (Å²) in [5, 5.41) is 13.1. The van der Waals surface area contributed by atoms with Gasteiger partial charge < -0.3 is 5.32 Å². The van der Waals surface area contributed by atoms with Gasteiger partial charge in [0, 0.05) is 18.0 Å². The quantitative estimate of drug-likeness (QED) is 0.870. The Kier molecular flexibility index (Phi) is 5.19. The summed E-state index contributed by atoms with van der Waals surface area (Å²) in [6.45, 7) is 2.89. The van der Waals surface area contributed by atoms with Crippen molar-refractivity contribution < 1.29 is 13.2 Å². The van der Waals surface area contributed by atoms with Crippen LogP contribution in [0.4, 0.5) is 5.00 Å². The summed E-state index contributed by atoms with van der Waals surface area (Å²) in [4.78, 5) is 13.9. The third-order valence-electron chi connectivity index (χ3n) is 5.08. The molecule has 25 heavy (non-hydrogen) atoms. The smallest absolute Gasteiger partial charge is 0.229 e. The first-order chi connectivity index (χ1) is 11.8. The number of carbonyl (C=O) groups excluding carboxylic acids is 1. The van der Waals surface area contributed by atoms with Crippen molar-refractivity contribution in [3.05, 3.63) is 16.0 Å². The Balaban J connectivity index is 1.76. The molecule has 1 aliphatic carbocycles. The molecule has 8 heteroatoms. The van der Waals surface area contributed by atoms with Crippen molar-refractivity contribution in [2.24, 2.45) is 11.8 Å². The van der Waals surface area contributed by atoms with Crippen molar-refractivity contribution in [1.29, 1.82) is 5.26 Å². The lowest BCUT2D eigenvalue weighted by molar-refractivity contribution is -0.120. The Bertz CT molecular complexity index is 823. The number of hydrogen-bond donors (Lipinski definition) is 1. The van der Waals surface area contributed by atoms with Crippen LogP contribution in [0.25, 0.3) is 0 Å². The Hall–Kier alpha value is -1.43. The number of amides is 1. The van der Waals surface area contributed by atoms with Gasteiger partial charge in [0.25, 0.3) is 0 Å². The van der Waals surface area contributed by atoms with Crippen LogP contribution in [0.5, 0.6) is 0 Å². The van der Waals surface area contributed by atoms with Crippen LogP contribution in [-0.4, -0.2) is 38.0 Å². The molecule has 136 valence electrons. The Morgan fingerprint density at radius 1 is 1.40 bits per heavy atom. The predicted molar refractivity (Wildman–Crippen MR) is 98.0 cm³/mol. The van der Waals surface area contributed by atoms with Crippen molar-refractivity contribution in [2.75, 3.05) is 24.7 Å². The van der Waals surface area contributed by atoms with E-state index in [-0.39, 0.29) is 18.4 Å². The van der Waals surface area contributed by atoms with E-state index in [1.54, 1.807) is 0 Å². The Morgan fingerprint density at radius 3 is 2.84 bits per heavy atom. The molecular weight excluding hydrogens is 358 g/mol. The van der Waals surface area contributed by atoms with E-state index in [0.717, 1.165) is 24.8 Å². The van der Waals surface area contributed by atoms with Gasteiger partial charge in [-0.25, -0.2) is 12.7 Å². The van der Waals surface area contributed by atoms with Gasteiger partial charge >= 0.3 is 0 Å². The minimum Gasteiger partial charge on any atom is -0.316 e. The topological polar surface area (TPSA) is 90.3 Å². The number of sulfonamides is 1. The molecule has 1 aliphatic heterocycles. The van der Waals surface area contributed by atoms with Gasteiger partial charge in [-0.15, -0.1) is 11.3 Å². The first-order valence-corrected chi connectivity index (χ1v) is 11.3. The van der Waals surface area contributed by atoms with Gasteiger partial charge in [-0.3, -0.25) is 4.79 Å². The summed E-state index contributed by atoms with van der Waals surface area (Å²) in [7, 11) is -3.28. The van der Waals surface area contributed by atoms with E-state index in [1.807, 2.05) is 0 Å². The molecule has 6 nitrogen and oxygen atoms in total. The first-order valence-electron chi connectivity index (χ1n) is 8.60. The molecule has 2 unspecified atom stereocenters. The van der Waals surface area contributed by atoms with E-state index in [1.165, 1.54) is 26.8 Å². The first kappa shape index (κ1) is 18.4. The zero-order valence-electron chi connectivity index (χ0n) is 14.5. The number of thiophene rings is 1. The van der Waals surface area contributed by atoms with E-state index >= 15 is 0 Å². The second-order valence-electron chi connectivity index (χ2n) is 7.12. The van der Waals surface area contributed by atoms with Crippen LogP contribution < -0.4 is 5.32 Å². The van der Waals surface area contributed by atoms with E-state index < -0.39 is 10.0 Å². The average molecular weight is 382 g/mol. The number of fused-ring (bicyclic) bond motifs is 1. The van der Waals surface area contributed by atoms with Crippen LogP contribution in [0.15, 0.2) is 0 Å². The number of piperidine rings is 1. The molecule has 2 atom stereocenters. The summed E-state index contributed by atoms with van der Waals surface area (Å²) >= 11 is 1.50. The van der Waals surface area contributed by atoms with E-state index in [2.05, 4.69) is 18.3 Å². The molecule has 1 aromatic heterocycles. The van der Waals surface area contributed by atoms with Gasteiger partial charge in [-0.05, 0) is 43.6 Å². The largest absolute Gasteiger partial charge is 0.316 e. The fraction of sp³-hybridized carbons (Fsp3) is 0.647. The normalized spacial score (nSPS) is 24.4. The third-order valence-corrected chi connectivity index (χ3v) is 7.52. The molecule has 0 spiro atoms. The molecule has 2 aliphatic rings. The zero-order valence-corrected chi connectivity index (χ0v) is 16.2. The average Bonchev–Trinajstić information content (AvgIpc) is 2.90. The molecule has 1 fully saturated rings. The van der Waals surface area contributed by atoms with Crippen LogP contribution in [0, 0.1) is 23.2 Å². The van der Waals surface area contributed by atoms with Gasteiger partial charge in [0.2, 0.25) is 15.9 Å². The summed E-state index contributed by atoms with van der Waals surface area (Å²) in [6.07, 6.45) is 5.43. The molecule has 1 amide bonds. The minimum absolute atomic E-state index is 0.184. The van der Waals surface area contributed by atoms with Crippen LogP contribution >= 0.6 is 11.3 Å². The monoisotopic (exact) mass is 381 g/mol. The highest BCUT2D eigenvalue weighted by Crippen LogP contribution is 2.39. The number of hydrogen-bond acceptors (Lipinski definition) is 5. The van der Waals surface area contributed by atoms with E-state index in [9.17, 15) is 18.5 Å². The predicted octanol–water partition coefficient (Wildman–Crippen LogP) is 2.35. The molecule has 0 aromatic carbocycles. The molecule has 0 radical (unpaired) electrons. The van der Waals surface area contributed by atoms with Crippen LogP contribution in [-0.2, 0) is 27.7 Å². The van der Waals surface area contributed by atoms with Gasteiger partial charge in [-0.1, -0.05) is 6.92 Å². The molecular formula is C17H23N3O3S2. The highest BCUT2D eigenvalue weighted by atomic mass is 32.2. The molecule has 3 rings (SSSR count). The molecule has 2 heterocycles. The summed E-state index contributed by atoms with van der Waals surface area (Å²) in [5.74, 6) is 0.0486. The SMILES string of the molecule is CC1CCc2c(sc(NC(=O)C3CCCN(S(C)(=O)=O)C3)c2C#N)C1. The lowest BCUT2D eigenvalue weighted by atomic mass is 9.88. The Morgan fingerprint density at radius 2 is 2.16 bits per heavy atom. The number of nitriles is 1. The lowest BCUT2D eigenvalue weighted by Gasteiger charge is -2.29. The van der Waals surface area contributed by atoms with Crippen molar-refractivity contribution >= 4 is 32.3 Å². The lowest BCUT2D eigenvalue weighted by Crippen LogP contribution is -2.43. The van der Waals surface area contributed by atoms with Crippen molar-refractivity contribution in [2.45, 2.75) is 39.0 Å². The molecule has 1 N–H and O–H groups in total.